The lowest BCUT2D eigenvalue weighted by molar-refractivity contribution is 0.270. The zero-order valence-corrected chi connectivity index (χ0v) is 8.62. The summed E-state index contributed by atoms with van der Waals surface area (Å²) in [4.78, 5) is 0. The molecule has 0 amide bonds. The first-order valence-corrected chi connectivity index (χ1v) is 5.34. The Morgan fingerprint density at radius 3 is 2.87 bits per heavy atom. The van der Waals surface area contributed by atoms with Crippen molar-refractivity contribution in [2.75, 3.05) is 12.3 Å². The van der Waals surface area contributed by atoms with E-state index < -0.39 is 5.82 Å². The molecule has 0 saturated heterocycles. The van der Waals surface area contributed by atoms with Crippen LogP contribution in [0.4, 0.5) is 10.2 Å². The van der Waals surface area contributed by atoms with E-state index in [9.17, 15) is 4.39 Å². The standard InChI is InChI=1S/C10H16FN3O/c11-9-8(4-3-7-1-2-7)13-14(5-6-15)10(9)12/h7,15H,1-6,12H2. The molecule has 0 radical (unpaired) electrons. The van der Waals surface area contributed by atoms with Crippen molar-refractivity contribution in [3.63, 3.8) is 0 Å². The van der Waals surface area contributed by atoms with Crippen molar-refractivity contribution in [2.45, 2.75) is 32.2 Å². The van der Waals surface area contributed by atoms with Gasteiger partial charge in [-0.15, -0.1) is 0 Å². The summed E-state index contributed by atoms with van der Waals surface area (Å²) in [6.07, 6.45) is 4.16. The van der Waals surface area contributed by atoms with E-state index in [-0.39, 0.29) is 19.0 Å². The molecule has 0 aromatic carbocycles. The number of aromatic nitrogens is 2. The molecule has 1 aliphatic rings. The minimum Gasteiger partial charge on any atom is -0.394 e. The molecule has 0 bridgehead atoms. The van der Waals surface area contributed by atoms with Crippen LogP contribution in [-0.4, -0.2) is 21.5 Å². The smallest absolute Gasteiger partial charge is 0.188 e. The second-order valence-corrected chi connectivity index (χ2v) is 4.07. The molecule has 1 aromatic heterocycles. The fourth-order valence-corrected chi connectivity index (χ4v) is 1.68. The molecule has 0 unspecified atom stereocenters. The van der Waals surface area contributed by atoms with Crippen LogP contribution in [0.2, 0.25) is 0 Å². The summed E-state index contributed by atoms with van der Waals surface area (Å²) in [5, 5.41) is 12.8. The minimum absolute atomic E-state index is 0.0369. The van der Waals surface area contributed by atoms with Crippen LogP contribution in [0.3, 0.4) is 0 Å². The van der Waals surface area contributed by atoms with Gasteiger partial charge in [0.2, 0.25) is 0 Å². The average Bonchev–Trinajstić information content (AvgIpc) is 3.00. The number of halogens is 1. The quantitative estimate of drug-likeness (QED) is 0.765. The van der Waals surface area contributed by atoms with Gasteiger partial charge in [-0.3, -0.25) is 0 Å². The fourth-order valence-electron chi connectivity index (χ4n) is 1.68. The molecule has 84 valence electrons. The van der Waals surface area contributed by atoms with Gasteiger partial charge in [0, 0.05) is 0 Å². The van der Waals surface area contributed by atoms with E-state index in [2.05, 4.69) is 5.10 Å². The highest BCUT2D eigenvalue weighted by molar-refractivity contribution is 5.33. The number of rotatable bonds is 5. The van der Waals surface area contributed by atoms with Crippen molar-refractivity contribution >= 4 is 5.82 Å². The highest BCUT2D eigenvalue weighted by atomic mass is 19.1. The van der Waals surface area contributed by atoms with Crippen molar-refractivity contribution in [3.05, 3.63) is 11.5 Å². The molecular formula is C10H16FN3O. The summed E-state index contributed by atoms with van der Waals surface area (Å²) < 4.78 is 14.9. The zero-order chi connectivity index (χ0) is 10.8. The number of nitrogens with zero attached hydrogens (tertiary/aromatic N) is 2. The van der Waals surface area contributed by atoms with Crippen LogP contribution in [-0.2, 0) is 13.0 Å². The first-order valence-electron chi connectivity index (χ1n) is 5.34. The molecular weight excluding hydrogens is 197 g/mol. The van der Waals surface area contributed by atoms with Gasteiger partial charge in [-0.1, -0.05) is 12.8 Å². The van der Waals surface area contributed by atoms with Crippen molar-refractivity contribution in [1.82, 2.24) is 9.78 Å². The van der Waals surface area contributed by atoms with Crippen LogP contribution in [0.1, 0.15) is 25.0 Å². The van der Waals surface area contributed by atoms with Crippen molar-refractivity contribution in [1.29, 1.82) is 0 Å². The van der Waals surface area contributed by atoms with Gasteiger partial charge >= 0.3 is 0 Å². The molecule has 1 aromatic rings. The lowest BCUT2D eigenvalue weighted by Crippen LogP contribution is -2.08. The summed E-state index contributed by atoms with van der Waals surface area (Å²) in [6.45, 7) is 0.180. The Bertz CT molecular complexity index is 347. The first kappa shape index (κ1) is 10.4. The van der Waals surface area contributed by atoms with E-state index in [1.54, 1.807) is 0 Å². The Kier molecular flexibility index (Phi) is 2.90. The highest BCUT2D eigenvalue weighted by Gasteiger charge is 2.23. The van der Waals surface area contributed by atoms with Gasteiger partial charge in [0.1, 0.15) is 5.69 Å². The molecule has 0 spiro atoms. The summed E-state index contributed by atoms with van der Waals surface area (Å²) in [7, 11) is 0. The summed E-state index contributed by atoms with van der Waals surface area (Å²) >= 11 is 0. The minimum atomic E-state index is -0.413. The maximum atomic E-state index is 13.5. The molecule has 1 heterocycles. The third-order valence-corrected chi connectivity index (χ3v) is 2.80. The van der Waals surface area contributed by atoms with Crippen LogP contribution in [0, 0.1) is 11.7 Å². The maximum absolute atomic E-state index is 13.5. The van der Waals surface area contributed by atoms with Gasteiger partial charge in [0.25, 0.3) is 0 Å². The van der Waals surface area contributed by atoms with Gasteiger partial charge in [-0.25, -0.2) is 9.07 Å². The zero-order valence-electron chi connectivity index (χ0n) is 8.62. The summed E-state index contributed by atoms with van der Waals surface area (Å²) in [6, 6.07) is 0. The number of anilines is 1. The molecule has 3 N–H and O–H groups in total. The molecule has 1 saturated carbocycles. The van der Waals surface area contributed by atoms with E-state index in [0.29, 0.717) is 12.1 Å². The average molecular weight is 213 g/mol. The predicted octanol–water partition coefficient (Wildman–Crippen LogP) is 0.939. The maximum Gasteiger partial charge on any atom is 0.188 e. The largest absolute Gasteiger partial charge is 0.394 e. The normalized spacial score (nSPS) is 15.9. The van der Waals surface area contributed by atoms with Crippen LogP contribution in [0.5, 0.6) is 0 Å². The Balaban J connectivity index is 2.04. The monoisotopic (exact) mass is 213 g/mol. The Morgan fingerprint density at radius 1 is 1.53 bits per heavy atom. The van der Waals surface area contributed by atoms with Crippen LogP contribution in [0.25, 0.3) is 0 Å². The third-order valence-electron chi connectivity index (χ3n) is 2.80. The summed E-state index contributed by atoms with van der Waals surface area (Å²) in [5.74, 6) is 0.382. The molecule has 15 heavy (non-hydrogen) atoms. The fraction of sp³-hybridized carbons (Fsp3) is 0.700. The number of hydrogen-bond donors (Lipinski definition) is 2. The van der Waals surface area contributed by atoms with Crippen molar-refractivity contribution in [3.8, 4) is 0 Å². The van der Waals surface area contributed by atoms with Crippen LogP contribution in [0.15, 0.2) is 0 Å². The van der Waals surface area contributed by atoms with Gasteiger partial charge in [0.05, 0.1) is 13.2 Å². The molecule has 2 rings (SSSR count). The number of aliphatic hydroxyl groups is 1. The van der Waals surface area contributed by atoms with Gasteiger partial charge in [0.15, 0.2) is 11.6 Å². The number of hydrogen-bond acceptors (Lipinski definition) is 3. The van der Waals surface area contributed by atoms with E-state index in [1.165, 1.54) is 17.5 Å². The van der Waals surface area contributed by atoms with Gasteiger partial charge < -0.3 is 10.8 Å². The van der Waals surface area contributed by atoms with Crippen LogP contribution >= 0.6 is 0 Å². The molecule has 0 atom stereocenters. The SMILES string of the molecule is Nc1c(F)c(CCC2CC2)nn1CCO. The highest BCUT2D eigenvalue weighted by Crippen LogP contribution is 2.33. The van der Waals surface area contributed by atoms with E-state index in [4.69, 9.17) is 10.8 Å². The second-order valence-electron chi connectivity index (χ2n) is 4.07. The topological polar surface area (TPSA) is 64.1 Å². The number of aryl methyl sites for hydroxylation is 1. The number of nitrogen functional groups attached to an aromatic ring is 1. The Labute approximate surface area is 87.9 Å². The van der Waals surface area contributed by atoms with E-state index in [0.717, 1.165) is 12.3 Å². The second kappa shape index (κ2) is 4.18. The van der Waals surface area contributed by atoms with Crippen molar-refractivity contribution in [2.24, 2.45) is 5.92 Å². The molecule has 0 aliphatic heterocycles. The summed E-state index contributed by atoms with van der Waals surface area (Å²) in [5.41, 5.74) is 5.96. The third kappa shape index (κ3) is 2.28. The Morgan fingerprint density at radius 2 is 2.27 bits per heavy atom. The molecule has 1 aliphatic carbocycles. The van der Waals surface area contributed by atoms with Gasteiger partial charge in [-0.05, 0) is 18.8 Å². The van der Waals surface area contributed by atoms with E-state index >= 15 is 0 Å². The van der Waals surface area contributed by atoms with Crippen LogP contribution < -0.4 is 5.73 Å². The van der Waals surface area contributed by atoms with E-state index in [1.807, 2.05) is 0 Å². The molecule has 4 nitrogen and oxygen atoms in total. The lowest BCUT2D eigenvalue weighted by Gasteiger charge is -1.98. The lowest BCUT2D eigenvalue weighted by atomic mass is 10.2. The van der Waals surface area contributed by atoms with Crippen molar-refractivity contribution < 1.29 is 9.50 Å². The Hall–Kier alpha value is -1.10. The van der Waals surface area contributed by atoms with Gasteiger partial charge in [-0.2, -0.15) is 5.10 Å². The number of nitrogens with two attached hydrogens (primary N) is 1. The molecule has 1 fully saturated rings. The predicted molar refractivity (Wildman–Crippen MR) is 54.7 cm³/mol. The number of aliphatic hydroxyl groups excluding tert-OH is 1. The first-order chi connectivity index (χ1) is 7.22. The molecule has 5 heteroatoms.